The fraction of sp³-hybridized carbons (Fsp3) is 0.684. The first kappa shape index (κ1) is 20.9. The molecule has 0 aromatic heterocycles. The standard InChI is InChI=1S/C7H7BrS.3C4H9.Sn/c8-7-4-2-1-3-6(7)5-9;3*1-3-4-2;/h1-4,9H,5H2;3*1,3-4H2,2H3;/q;;;;+1/p-1. The molecule has 3 heteroatoms. The number of halogens is 1. The molecule has 0 aliphatic rings. The van der Waals surface area contributed by atoms with Gasteiger partial charge in [0, 0.05) is 0 Å². The average Bonchev–Trinajstić information content (AvgIpc) is 2.55. The minimum absolute atomic E-state index is 1.23. The predicted octanol–water partition coefficient (Wildman–Crippen LogP) is 8.03. The van der Waals surface area contributed by atoms with Crippen molar-refractivity contribution in [1.82, 2.24) is 0 Å². The minimum atomic E-state index is -2.02. The molecule has 0 aliphatic heterocycles. The summed E-state index contributed by atoms with van der Waals surface area (Å²) in [5, 5.41) is 0. The van der Waals surface area contributed by atoms with Crippen molar-refractivity contribution in [3.63, 3.8) is 0 Å². The van der Waals surface area contributed by atoms with Gasteiger partial charge in [-0.25, -0.2) is 0 Å². The molecule has 0 unspecified atom stereocenters. The van der Waals surface area contributed by atoms with E-state index in [0.717, 1.165) is 0 Å². The van der Waals surface area contributed by atoms with E-state index in [-0.39, 0.29) is 0 Å². The van der Waals surface area contributed by atoms with Crippen LogP contribution in [-0.2, 0) is 5.75 Å². The summed E-state index contributed by atoms with van der Waals surface area (Å²) in [6.07, 6.45) is 8.50. The Bertz CT molecular complexity index is 386. The Morgan fingerprint density at radius 1 is 0.864 bits per heavy atom. The Morgan fingerprint density at radius 3 is 1.82 bits per heavy atom. The predicted molar refractivity (Wildman–Crippen MR) is 110 cm³/mol. The topological polar surface area (TPSA) is 0 Å². The molecule has 0 N–H and O–H groups in total. The quantitative estimate of drug-likeness (QED) is 0.266. The molecule has 0 aliphatic carbocycles. The van der Waals surface area contributed by atoms with Crippen LogP contribution in [-0.4, -0.2) is 17.0 Å². The Morgan fingerprint density at radius 2 is 1.36 bits per heavy atom. The molecule has 0 spiro atoms. The van der Waals surface area contributed by atoms with Gasteiger partial charge in [0.05, 0.1) is 0 Å². The third-order valence-corrected chi connectivity index (χ3v) is 27.7. The van der Waals surface area contributed by atoms with Crippen molar-refractivity contribution in [2.24, 2.45) is 0 Å². The molecule has 1 aromatic rings. The van der Waals surface area contributed by atoms with Crippen molar-refractivity contribution in [3.05, 3.63) is 34.3 Å². The second-order valence-electron chi connectivity index (χ2n) is 6.37. The zero-order valence-electron chi connectivity index (χ0n) is 14.7. The summed E-state index contributed by atoms with van der Waals surface area (Å²) in [6, 6.07) is 8.80. The van der Waals surface area contributed by atoms with E-state index in [4.69, 9.17) is 0 Å². The van der Waals surface area contributed by atoms with Crippen molar-refractivity contribution in [1.29, 1.82) is 0 Å². The van der Waals surface area contributed by atoms with Crippen LogP contribution in [0.25, 0.3) is 0 Å². The van der Waals surface area contributed by atoms with Crippen molar-refractivity contribution in [3.8, 4) is 0 Å². The molecule has 126 valence electrons. The molecule has 0 saturated carbocycles. The number of hydrogen-bond acceptors (Lipinski definition) is 1. The number of benzene rings is 1. The van der Waals surface area contributed by atoms with E-state index < -0.39 is 17.0 Å². The fourth-order valence-electron chi connectivity index (χ4n) is 2.93. The number of unbranched alkanes of at least 4 members (excludes halogenated alkanes) is 3. The third kappa shape index (κ3) is 7.61. The van der Waals surface area contributed by atoms with Crippen LogP contribution in [0.3, 0.4) is 0 Å². The summed E-state index contributed by atoms with van der Waals surface area (Å²) in [4.78, 5) is 0. The maximum atomic E-state index is 3.73. The monoisotopic (exact) mass is 492 g/mol. The molecule has 0 bridgehead atoms. The molecule has 0 atom stereocenters. The first-order valence-corrected chi connectivity index (χ1v) is 20.4. The van der Waals surface area contributed by atoms with E-state index >= 15 is 0 Å². The zero-order valence-corrected chi connectivity index (χ0v) is 19.9. The third-order valence-electron chi connectivity index (χ3n) is 4.45. The zero-order chi connectivity index (χ0) is 16.3. The van der Waals surface area contributed by atoms with Gasteiger partial charge in [-0.15, -0.1) is 0 Å². The van der Waals surface area contributed by atoms with Gasteiger partial charge in [-0.1, -0.05) is 0 Å². The molecule has 0 saturated heterocycles. The van der Waals surface area contributed by atoms with Crippen LogP contribution in [0, 0.1) is 0 Å². The Labute approximate surface area is 153 Å². The molecule has 0 radical (unpaired) electrons. The molecule has 1 aromatic carbocycles. The van der Waals surface area contributed by atoms with Crippen molar-refractivity contribution in [2.45, 2.75) is 78.4 Å². The average molecular weight is 492 g/mol. The Hall–Kier alpha value is 0.849. The summed E-state index contributed by atoms with van der Waals surface area (Å²) >= 11 is 1.71. The van der Waals surface area contributed by atoms with Gasteiger partial charge in [0.25, 0.3) is 0 Å². The van der Waals surface area contributed by atoms with E-state index in [0.29, 0.717) is 0 Å². The van der Waals surface area contributed by atoms with Crippen molar-refractivity contribution < 1.29 is 0 Å². The normalized spacial score (nSPS) is 11.8. The Balaban J connectivity index is 2.78. The van der Waals surface area contributed by atoms with Gasteiger partial charge in [0.1, 0.15) is 0 Å². The summed E-state index contributed by atoms with van der Waals surface area (Å²) in [5.41, 5.74) is 1.50. The van der Waals surface area contributed by atoms with Gasteiger partial charge in [-0.2, -0.15) is 0 Å². The van der Waals surface area contributed by atoms with E-state index in [1.807, 2.05) is 0 Å². The van der Waals surface area contributed by atoms with Crippen LogP contribution in [0.4, 0.5) is 0 Å². The van der Waals surface area contributed by atoms with Gasteiger partial charge in [-0.05, 0) is 0 Å². The maximum absolute atomic E-state index is 3.73. The summed E-state index contributed by atoms with van der Waals surface area (Å²) in [7, 11) is 2.44. The van der Waals surface area contributed by atoms with Gasteiger partial charge in [0.15, 0.2) is 0 Å². The number of rotatable bonds is 12. The van der Waals surface area contributed by atoms with E-state index in [1.165, 1.54) is 54.3 Å². The summed E-state index contributed by atoms with van der Waals surface area (Å²) in [5.74, 6) is 1.23. The molecule has 0 heterocycles. The van der Waals surface area contributed by atoms with Gasteiger partial charge < -0.3 is 0 Å². The second kappa shape index (κ2) is 12.2. The van der Waals surface area contributed by atoms with Crippen LogP contribution in [0.15, 0.2) is 28.7 Å². The molecule has 0 amide bonds. The van der Waals surface area contributed by atoms with Gasteiger partial charge in [0.2, 0.25) is 0 Å². The molecular weight excluding hydrogens is 459 g/mol. The summed E-state index contributed by atoms with van der Waals surface area (Å²) < 4.78 is 6.09. The van der Waals surface area contributed by atoms with Gasteiger partial charge >= 0.3 is 155 Å². The van der Waals surface area contributed by atoms with Crippen LogP contribution in [0.1, 0.15) is 64.9 Å². The summed E-state index contributed by atoms with van der Waals surface area (Å²) in [6.45, 7) is 7.07. The first-order valence-electron chi connectivity index (χ1n) is 9.04. The second-order valence-corrected chi connectivity index (χ2v) is 27.1. The van der Waals surface area contributed by atoms with E-state index in [2.05, 4.69) is 69.9 Å². The van der Waals surface area contributed by atoms with Crippen LogP contribution < -0.4 is 0 Å². The van der Waals surface area contributed by atoms with Crippen LogP contribution >= 0.6 is 24.9 Å². The SMILES string of the molecule is CCC[CH2][Sn]([CH2]CCC)([CH2]CCC)[S]Cc1ccccc1Br. The van der Waals surface area contributed by atoms with Crippen LogP contribution in [0.2, 0.25) is 13.3 Å². The van der Waals surface area contributed by atoms with E-state index in [9.17, 15) is 0 Å². The van der Waals surface area contributed by atoms with Gasteiger partial charge in [-0.3, -0.25) is 0 Å². The number of hydrogen-bond donors (Lipinski definition) is 0. The van der Waals surface area contributed by atoms with Crippen LogP contribution in [0.5, 0.6) is 0 Å². The molecule has 0 fully saturated rings. The first-order chi connectivity index (χ1) is 10.7. The van der Waals surface area contributed by atoms with E-state index in [1.54, 1.807) is 13.3 Å². The fourth-order valence-corrected chi connectivity index (χ4v) is 25.9. The van der Waals surface area contributed by atoms with Crippen molar-refractivity contribution >= 4 is 41.9 Å². The molecule has 0 nitrogen and oxygen atoms in total. The van der Waals surface area contributed by atoms with Crippen molar-refractivity contribution in [2.75, 3.05) is 0 Å². The molecular formula is C19H33BrSSn. The Kier molecular flexibility index (Phi) is 11.6. The molecule has 1 rings (SSSR count). The molecule has 22 heavy (non-hydrogen) atoms.